The van der Waals surface area contributed by atoms with E-state index in [1.807, 2.05) is 0 Å². The van der Waals surface area contributed by atoms with Gasteiger partial charge in [-0.15, -0.1) is 0 Å². The third kappa shape index (κ3) is 2.92. The number of hydrogen-bond donors (Lipinski definition) is 2. The molecule has 5 heteroatoms. The number of aromatic amines is 1. The fraction of sp³-hybridized carbons (Fsp3) is 0.467. The Morgan fingerprint density at radius 1 is 1.50 bits per heavy atom. The van der Waals surface area contributed by atoms with Crippen LogP contribution in [0.3, 0.4) is 0 Å². The summed E-state index contributed by atoms with van der Waals surface area (Å²) in [4.78, 5) is 26.6. The lowest BCUT2D eigenvalue weighted by Gasteiger charge is -2.20. The van der Waals surface area contributed by atoms with E-state index in [-0.39, 0.29) is 17.6 Å². The molecule has 20 heavy (non-hydrogen) atoms. The number of H-pyrrole nitrogens is 1. The van der Waals surface area contributed by atoms with E-state index >= 15 is 0 Å². The highest BCUT2D eigenvalue weighted by Crippen LogP contribution is 2.36. The van der Waals surface area contributed by atoms with Crippen LogP contribution in [-0.2, 0) is 0 Å². The molecule has 1 aromatic heterocycles. The molecule has 0 aliphatic heterocycles. The third-order valence-electron chi connectivity index (χ3n) is 3.55. The fourth-order valence-electron chi connectivity index (χ4n) is 2.31. The summed E-state index contributed by atoms with van der Waals surface area (Å²) in [6.07, 6.45) is 3.96. The standard InChI is InChI=1S/C15H21N3O2/c1-5-10(4)14(11-6-7-11)16-12-8-13(19)18(9(2)3)15(20)17-12/h5,8-9,11,14,16H,1,4,6-7H2,2-3H3,(H,17,20). The fourth-order valence-corrected chi connectivity index (χ4v) is 2.31. The van der Waals surface area contributed by atoms with E-state index in [1.165, 1.54) is 10.6 Å². The Labute approximate surface area is 118 Å². The van der Waals surface area contributed by atoms with Crippen LogP contribution in [0.5, 0.6) is 0 Å². The lowest BCUT2D eigenvalue weighted by atomic mass is 10.0. The third-order valence-corrected chi connectivity index (χ3v) is 3.55. The summed E-state index contributed by atoms with van der Waals surface area (Å²) in [7, 11) is 0. The lowest BCUT2D eigenvalue weighted by Crippen LogP contribution is -2.37. The van der Waals surface area contributed by atoms with Gasteiger partial charge in [0.15, 0.2) is 0 Å². The van der Waals surface area contributed by atoms with Crippen molar-refractivity contribution in [2.75, 3.05) is 5.32 Å². The van der Waals surface area contributed by atoms with Crippen LogP contribution in [0.2, 0.25) is 0 Å². The van der Waals surface area contributed by atoms with Crippen LogP contribution >= 0.6 is 0 Å². The Bertz CT molecular complexity index is 604. The van der Waals surface area contributed by atoms with Crippen LogP contribution in [-0.4, -0.2) is 15.6 Å². The van der Waals surface area contributed by atoms with Crippen LogP contribution in [0.25, 0.3) is 0 Å². The molecule has 0 radical (unpaired) electrons. The summed E-state index contributed by atoms with van der Waals surface area (Å²) >= 11 is 0. The van der Waals surface area contributed by atoms with Crippen LogP contribution in [0.1, 0.15) is 32.7 Å². The van der Waals surface area contributed by atoms with Gasteiger partial charge < -0.3 is 5.32 Å². The normalized spacial score (nSPS) is 15.9. The summed E-state index contributed by atoms with van der Waals surface area (Å²) in [5.74, 6) is 0.938. The van der Waals surface area contributed by atoms with Crippen molar-refractivity contribution in [3.8, 4) is 0 Å². The van der Waals surface area contributed by atoms with E-state index in [4.69, 9.17) is 0 Å². The summed E-state index contributed by atoms with van der Waals surface area (Å²) in [5.41, 5.74) is 0.181. The van der Waals surface area contributed by atoms with Crippen molar-refractivity contribution in [1.29, 1.82) is 0 Å². The summed E-state index contributed by atoms with van der Waals surface area (Å²) in [5, 5.41) is 3.20. The average molecular weight is 275 g/mol. The first-order valence-electron chi connectivity index (χ1n) is 6.87. The quantitative estimate of drug-likeness (QED) is 0.781. The molecule has 5 nitrogen and oxygen atoms in total. The molecular weight excluding hydrogens is 254 g/mol. The van der Waals surface area contributed by atoms with Crippen molar-refractivity contribution in [2.24, 2.45) is 5.92 Å². The largest absolute Gasteiger partial charge is 0.364 e. The molecule has 0 aromatic carbocycles. The van der Waals surface area contributed by atoms with Crippen molar-refractivity contribution < 1.29 is 0 Å². The molecule has 0 bridgehead atoms. The molecule has 1 unspecified atom stereocenters. The number of anilines is 1. The first-order valence-corrected chi connectivity index (χ1v) is 6.87. The Morgan fingerprint density at radius 2 is 2.15 bits per heavy atom. The molecule has 0 spiro atoms. The van der Waals surface area contributed by atoms with E-state index in [1.54, 1.807) is 19.9 Å². The van der Waals surface area contributed by atoms with Gasteiger partial charge in [0, 0.05) is 12.1 Å². The molecule has 1 atom stereocenters. The van der Waals surface area contributed by atoms with Gasteiger partial charge in [0.05, 0.1) is 6.04 Å². The van der Waals surface area contributed by atoms with Crippen LogP contribution in [0.15, 0.2) is 40.5 Å². The first kappa shape index (κ1) is 14.4. The monoisotopic (exact) mass is 275 g/mol. The Balaban J connectivity index is 2.30. The first-order chi connectivity index (χ1) is 9.43. The zero-order valence-electron chi connectivity index (χ0n) is 12.0. The molecular formula is C15H21N3O2. The van der Waals surface area contributed by atoms with Gasteiger partial charge in [0.2, 0.25) is 0 Å². The van der Waals surface area contributed by atoms with Crippen LogP contribution in [0, 0.1) is 5.92 Å². The van der Waals surface area contributed by atoms with Gasteiger partial charge >= 0.3 is 5.69 Å². The van der Waals surface area contributed by atoms with Crippen molar-refractivity contribution in [3.05, 3.63) is 51.7 Å². The maximum absolute atomic E-state index is 12.0. The zero-order valence-corrected chi connectivity index (χ0v) is 12.0. The van der Waals surface area contributed by atoms with Crippen molar-refractivity contribution >= 4 is 5.82 Å². The van der Waals surface area contributed by atoms with E-state index in [9.17, 15) is 9.59 Å². The molecule has 0 saturated heterocycles. The van der Waals surface area contributed by atoms with E-state index in [0.717, 1.165) is 18.4 Å². The van der Waals surface area contributed by atoms with E-state index in [2.05, 4.69) is 23.5 Å². The topological polar surface area (TPSA) is 66.9 Å². The van der Waals surface area contributed by atoms with Gasteiger partial charge in [-0.1, -0.05) is 19.2 Å². The average Bonchev–Trinajstić information content (AvgIpc) is 3.17. The smallest absolute Gasteiger partial charge is 0.330 e. The van der Waals surface area contributed by atoms with Gasteiger partial charge in [-0.25, -0.2) is 4.79 Å². The van der Waals surface area contributed by atoms with Crippen molar-refractivity contribution in [1.82, 2.24) is 9.55 Å². The minimum atomic E-state index is -0.395. The molecule has 1 aliphatic rings. The molecule has 1 aromatic rings. The summed E-state index contributed by atoms with van der Waals surface area (Å²) in [6.45, 7) is 11.3. The maximum atomic E-state index is 12.0. The number of nitrogens with zero attached hydrogens (tertiary/aromatic N) is 1. The number of aromatic nitrogens is 2. The minimum Gasteiger partial charge on any atom is -0.364 e. The predicted octanol–water partition coefficient (Wildman–Crippen LogP) is 2.05. The summed E-state index contributed by atoms with van der Waals surface area (Å²) in [6, 6.07) is 1.28. The minimum absolute atomic E-state index is 0.0254. The lowest BCUT2D eigenvalue weighted by molar-refractivity contribution is 0.546. The predicted molar refractivity (Wildman–Crippen MR) is 81.2 cm³/mol. The SMILES string of the molecule is C=CC(=C)C(Nc1cc(=O)n(C(C)C)c(=O)[nH]1)C1CC1. The highest BCUT2D eigenvalue weighted by molar-refractivity contribution is 5.40. The molecule has 1 saturated carbocycles. The number of hydrogen-bond acceptors (Lipinski definition) is 3. The second kappa shape index (κ2) is 5.53. The Hall–Kier alpha value is -2.04. The highest BCUT2D eigenvalue weighted by atomic mass is 16.2. The van der Waals surface area contributed by atoms with E-state index < -0.39 is 5.69 Å². The van der Waals surface area contributed by atoms with Gasteiger partial charge in [-0.05, 0) is 38.2 Å². The van der Waals surface area contributed by atoms with Crippen LogP contribution < -0.4 is 16.6 Å². The van der Waals surface area contributed by atoms with Crippen LogP contribution in [0.4, 0.5) is 5.82 Å². The van der Waals surface area contributed by atoms with Gasteiger partial charge in [0.1, 0.15) is 5.82 Å². The molecule has 2 N–H and O–H groups in total. The second-order valence-electron chi connectivity index (χ2n) is 5.53. The molecule has 2 rings (SSSR count). The molecule has 1 fully saturated rings. The van der Waals surface area contributed by atoms with Gasteiger partial charge in [0.25, 0.3) is 5.56 Å². The van der Waals surface area contributed by atoms with E-state index in [0.29, 0.717) is 11.7 Å². The van der Waals surface area contributed by atoms with Crippen molar-refractivity contribution in [3.63, 3.8) is 0 Å². The van der Waals surface area contributed by atoms with Crippen molar-refractivity contribution in [2.45, 2.75) is 38.8 Å². The van der Waals surface area contributed by atoms with Gasteiger partial charge in [-0.2, -0.15) is 0 Å². The molecule has 108 valence electrons. The maximum Gasteiger partial charge on any atom is 0.330 e. The number of nitrogens with one attached hydrogen (secondary N) is 2. The number of rotatable bonds is 6. The van der Waals surface area contributed by atoms with Gasteiger partial charge in [-0.3, -0.25) is 14.3 Å². The molecule has 1 heterocycles. The second-order valence-corrected chi connectivity index (χ2v) is 5.53. The summed E-state index contributed by atoms with van der Waals surface area (Å²) < 4.78 is 1.19. The zero-order chi connectivity index (χ0) is 14.9. The highest BCUT2D eigenvalue weighted by Gasteiger charge is 2.32. The Morgan fingerprint density at radius 3 is 2.60 bits per heavy atom. The Kier molecular flexibility index (Phi) is 3.97. The molecule has 1 aliphatic carbocycles. The molecule has 0 amide bonds.